The predicted molar refractivity (Wildman–Crippen MR) is 124 cm³/mol. The van der Waals surface area contributed by atoms with Crippen molar-refractivity contribution in [3.8, 4) is 10.8 Å². The summed E-state index contributed by atoms with van der Waals surface area (Å²) in [6, 6.07) is 14.5. The van der Waals surface area contributed by atoms with Crippen LogP contribution in [-0.2, 0) is 18.8 Å². The highest BCUT2D eigenvalue weighted by Gasteiger charge is 2.19. The molecule has 0 bridgehead atoms. The van der Waals surface area contributed by atoms with Gasteiger partial charge in [0, 0.05) is 11.1 Å². The van der Waals surface area contributed by atoms with Gasteiger partial charge in [-0.3, -0.25) is 4.90 Å². The molecule has 4 aromatic rings. The molecule has 0 amide bonds. The van der Waals surface area contributed by atoms with E-state index in [-0.39, 0.29) is 0 Å². The van der Waals surface area contributed by atoms with Gasteiger partial charge < -0.3 is 8.98 Å². The molecule has 31 heavy (non-hydrogen) atoms. The van der Waals surface area contributed by atoms with Gasteiger partial charge in [0.05, 0.1) is 18.8 Å². The van der Waals surface area contributed by atoms with Crippen LogP contribution in [0.15, 0.2) is 57.4 Å². The molecule has 3 aromatic heterocycles. The molecule has 0 saturated carbocycles. The largest absolute Gasteiger partial charge is 0.459 e. The van der Waals surface area contributed by atoms with Crippen LogP contribution in [0.1, 0.15) is 35.7 Å². The van der Waals surface area contributed by atoms with E-state index in [2.05, 4.69) is 55.4 Å². The zero-order valence-electron chi connectivity index (χ0n) is 17.5. The average Bonchev–Trinajstić information content (AvgIpc) is 3.57. The number of thiazole rings is 1. The Morgan fingerprint density at radius 3 is 2.65 bits per heavy atom. The number of benzene rings is 1. The molecular weight excluding hydrogens is 426 g/mol. The van der Waals surface area contributed by atoms with E-state index in [1.807, 2.05) is 19.1 Å². The molecule has 1 saturated heterocycles. The molecule has 5 rings (SSSR count). The van der Waals surface area contributed by atoms with E-state index in [1.54, 1.807) is 23.1 Å². The van der Waals surface area contributed by atoms with Gasteiger partial charge in [-0.25, -0.2) is 4.98 Å². The number of hydrogen-bond acceptors (Lipinski definition) is 7. The summed E-state index contributed by atoms with van der Waals surface area (Å²) in [4.78, 5) is 7.22. The highest BCUT2D eigenvalue weighted by Crippen LogP contribution is 2.29. The topological polar surface area (TPSA) is 60.0 Å². The number of thioether (sulfide) groups is 1. The average molecular weight is 452 g/mol. The summed E-state index contributed by atoms with van der Waals surface area (Å²) in [5.41, 5.74) is 2.30. The molecule has 1 aliphatic rings. The number of aromatic nitrogens is 4. The summed E-state index contributed by atoms with van der Waals surface area (Å²) in [7, 11) is 0. The Morgan fingerprint density at radius 1 is 1.03 bits per heavy atom. The third kappa shape index (κ3) is 4.92. The minimum absolute atomic E-state index is 0.757. The quantitative estimate of drug-likeness (QED) is 0.342. The van der Waals surface area contributed by atoms with Crippen molar-refractivity contribution in [3.63, 3.8) is 0 Å². The molecule has 6 nitrogen and oxygen atoms in total. The number of furan rings is 1. The SMILES string of the molecule is Cc1ccc(-c2nc(CSc3nnc(CN4CCCC4)n3Cc3ccccc3)cs2)o1. The summed E-state index contributed by atoms with van der Waals surface area (Å²) in [5, 5.41) is 13.1. The van der Waals surface area contributed by atoms with Gasteiger partial charge in [0.2, 0.25) is 0 Å². The van der Waals surface area contributed by atoms with Crippen molar-refractivity contribution >= 4 is 23.1 Å². The van der Waals surface area contributed by atoms with Gasteiger partial charge in [0.1, 0.15) is 11.6 Å². The van der Waals surface area contributed by atoms with Gasteiger partial charge in [-0.15, -0.1) is 21.5 Å². The maximum absolute atomic E-state index is 5.71. The maximum atomic E-state index is 5.71. The standard InChI is InChI=1S/C23H25N5OS2/c1-17-9-10-20(29-17)22-24-19(15-30-22)16-31-23-26-25-21(14-27-11-5-6-12-27)28(23)13-18-7-3-2-4-8-18/h2-4,7-10,15H,5-6,11-14,16H2,1H3. The lowest BCUT2D eigenvalue weighted by Gasteiger charge is -2.16. The van der Waals surface area contributed by atoms with Crippen LogP contribution in [0, 0.1) is 6.92 Å². The van der Waals surface area contributed by atoms with Crippen molar-refractivity contribution in [2.45, 2.75) is 43.8 Å². The van der Waals surface area contributed by atoms with Crippen molar-refractivity contribution in [2.24, 2.45) is 0 Å². The first-order valence-corrected chi connectivity index (χ1v) is 12.4. The second-order valence-corrected chi connectivity index (χ2v) is 9.60. The first-order valence-electron chi connectivity index (χ1n) is 10.6. The van der Waals surface area contributed by atoms with E-state index in [4.69, 9.17) is 9.40 Å². The minimum atomic E-state index is 0.757. The first kappa shape index (κ1) is 20.5. The van der Waals surface area contributed by atoms with E-state index in [0.717, 1.165) is 65.1 Å². The normalized spacial score (nSPS) is 14.5. The van der Waals surface area contributed by atoms with E-state index in [1.165, 1.54) is 18.4 Å². The second-order valence-electron chi connectivity index (χ2n) is 7.80. The highest BCUT2D eigenvalue weighted by atomic mass is 32.2. The molecule has 1 aliphatic heterocycles. The van der Waals surface area contributed by atoms with Crippen LogP contribution in [0.4, 0.5) is 0 Å². The number of nitrogens with zero attached hydrogens (tertiary/aromatic N) is 5. The van der Waals surface area contributed by atoms with Gasteiger partial charge >= 0.3 is 0 Å². The number of hydrogen-bond donors (Lipinski definition) is 0. The third-order valence-electron chi connectivity index (χ3n) is 5.39. The van der Waals surface area contributed by atoms with Gasteiger partial charge in [0.25, 0.3) is 0 Å². The molecular formula is C23H25N5OS2. The molecule has 8 heteroatoms. The number of rotatable bonds is 8. The molecule has 0 radical (unpaired) electrons. The second kappa shape index (κ2) is 9.38. The van der Waals surface area contributed by atoms with Crippen LogP contribution in [0.2, 0.25) is 0 Å². The molecule has 0 unspecified atom stereocenters. The van der Waals surface area contributed by atoms with E-state index in [0.29, 0.717) is 0 Å². The van der Waals surface area contributed by atoms with E-state index >= 15 is 0 Å². The fourth-order valence-corrected chi connectivity index (χ4v) is 5.52. The maximum Gasteiger partial charge on any atom is 0.191 e. The monoisotopic (exact) mass is 451 g/mol. The van der Waals surface area contributed by atoms with Crippen molar-refractivity contribution in [2.75, 3.05) is 13.1 Å². The first-order chi connectivity index (χ1) is 15.2. The predicted octanol–water partition coefficient (Wildman–Crippen LogP) is 5.24. The summed E-state index contributed by atoms with van der Waals surface area (Å²) in [6.07, 6.45) is 2.55. The molecule has 0 spiro atoms. The van der Waals surface area contributed by atoms with Crippen molar-refractivity contribution in [1.29, 1.82) is 0 Å². The van der Waals surface area contributed by atoms with Crippen LogP contribution < -0.4 is 0 Å². The molecule has 1 fully saturated rings. The highest BCUT2D eigenvalue weighted by molar-refractivity contribution is 7.98. The minimum Gasteiger partial charge on any atom is -0.459 e. The molecule has 0 atom stereocenters. The van der Waals surface area contributed by atoms with Gasteiger partial charge in [-0.1, -0.05) is 42.1 Å². The van der Waals surface area contributed by atoms with Crippen molar-refractivity contribution in [3.05, 3.63) is 70.7 Å². The Balaban J connectivity index is 1.33. The molecule has 0 N–H and O–H groups in total. The fraction of sp³-hybridized carbons (Fsp3) is 0.348. The lowest BCUT2D eigenvalue weighted by Crippen LogP contribution is -2.21. The van der Waals surface area contributed by atoms with Gasteiger partial charge in [0.15, 0.2) is 15.9 Å². The Kier molecular flexibility index (Phi) is 6.20. The third-order valence-corrected chi connectivity index (χ3v) is 7.30. The summed E-state index contributed by atoms with van der Waals surface area (Å²) in [6.45, 7) is 5.89. The van der Waals surface area contributed by atoms with Gasteiger partial charge in [-0.05, 0) is 50.6 Å². The Labute approximate surface area is 190 Å². The molecule has 160 valence electrons. The van der Waals surface area contributed by atoms with Crippen LogP contribution in [-0.4, -0.2) is 37.7 Å². The Bertz CT molecular complexity index is 1130. The van der Waals surface area contributed by atoms with Crippen molar-refractivity contribution < 1.29 is 4.42 Å². The molecule has 1 aromatic carbocycles. The summed E-state index contributed by atoms with van der Waals surface area (Å²) < 4.78 is 7.97. The van der Waals surface area contributed by atoms with Crippen LogP contribution in [0.5, 0.6) is 0 Å². The molecule has 0 aliphatic carbocycles. The van der Waals surface area contributed by atoms with E-state index < -0.39 is 0 Å². The Morgan fingerprint density at radius 2 is 1.87 bits per heavy atom. The fourth-order valence-electron chi connectivity index (χ4n) is 3.78. The molecule has 4 heterocycles. The zero-order valence-corrected chi connectivity index (χ0v) is 19.2. The summed E-state index contributed by atoms with van der Waals surface area (Å²) >= 11 is 3.31. The van der Waals surface area contributed by atoms with Gasteiger partial charge in [-0.2, -0.15) is 0 Å². The zero-order chi connectivity index (χ0) is 21.0. The van der Waals surface area contributed by atoms with Crippen molar-refractivity contribution in [1.82, 2.24) is 24.6 Å². The Hall–Kier alpha value is -2.42. The number of likely N-dealkylation sites (tertiary alicyclic amines) is 1. The lowest BCUT2D eigenvalue weighted by atomic mass is 10.2. The van der Waals surface area contributed by atoms with Crippen LogP contribution in [0.3, 0.4) is 0 Å². The number of aryl methyl sites for hydroxylation is 1. The lowest BCUT2D eigenvalue weighted by molar-refractivity contribution is 0.316. The van der Waals surface area contributed by atoms with Crippen LogP contribution in [0.25, 0.3) is 10.8 Å². The smallest absolute Gasteiger partial charge is 0.191 e. The van der Waals surface area contributed by atoms with Crippen LogP contribution >= 0.6 is 23.1 Å². The summed E-state index contributed by atoms with van der Waals surface area (Å²) in [5.74, 6) is 3.53. The van der Waals surface area contributed by atoms with E-state index in [9.17, 15) is 0 Å².